The van der Waals surface area contributed by atoms with Gasteiger partial charge >= 0.3 is 0 Å². The summed E-state index contributed by atoms with van der Waals surface area (Å²) in [6.45, 7) is 7.83. The number of nitrogens with one attached hydrogen (secondary N) is 1. The third-order valence-corrected chi connectivity index (χ3v) is 4.72. The molecular formula is C19H28FN3O2. The van der Waals surface area contributed by atoms with Crippen molar-refractivity contribution in [3.63, 3.8) is 0 Å². The summed E-state index contributed by atoms with van der Waals surface area (Å²) < 4.78 is 12.9. The van der Waals surface area contributed by atoms with Crippen molar-refractivity contribution in [1.29, 1.82) is 0 Å². The first-order valence-electron chi connectivity index (χ1n) is 8.80. The molecule has 0 radical (unpaired) electrons. The molecule has 1 aliphatic rings. The Morgan fingerprint density at radius 2 is 1.80 bits per heavy atom. The molecule has 1 aliphatic heterocycles. The summed E-state index contributed by atoms with van der Waals surface area (Å²) in [6, 6.07) is 5.25. The number of benzene rings is 1. The number of carbonyl (C=O) groups is 2. The molecule has 1 heterocycles. The van der Waals surface area contributed by atoms with Crippen molar-refractivity contribution in [2.75, 3.05) is 32.0 Å². The molecule has 0 aromatic heterocycles. The van der Waals surface area contributed by atoms with Crippen LogP contribution in [-0.4, -0.2) is 54.3 Å². The zero-order chi connectivity index (χ0) is 18.6. The predicted molar refractivity (Wildman–Crippen MR) is 96.6 cm³/mol. The minimum atomic E-state index is -0.364. The zero-order valence-electron chi connectivity index (χ0n) is 15.5. The number of amides is 2. The van der Waals surface area contributed by atoms with E-state index in [1.54, 1.807) is 11.9 Å². The topological polar surface area (TPSA) is 52.7 Å². The second-order valence-corrected chi connectivity index (χ2v) is 7.34. The van der Waals surface area contributed by atoms with E-state index in [1.807, 2.05) is 11.8 Å². The Morgan fingerprint density at radius 3 is 2.36 bits per heavy atom. The van der Waals surface area contributed by atoms with E-state index in [0.717, 1.165) is 19.5 Å². The van der Waals surface area contributed by atoms with Crippen LogP contribution < -0.4 is 5.32 Å². The van der Waals surface area contributed by atoms with Gasteiger partial charge in [-0.25, -0.2) is 4.39 Å². The van der Waals surface area contributed by atoms with E-state index in [9.17, 15) is 14.0 Å². The molecule has 0 unspecified atom stereocenters. The third-order valence-electron chi connectivity index (χ3n) is 4.72. The first kappa shape index (κ1) is 19.4. The molecule has 1 N–H and O–H groups in total. The van der Waals surface area contributed by atoms with E-state index in [0.29, 0.717) is 17.5 Å². The van der Waals surface area contributed by atoms with Crippen LogP contribution in [0.5, 0.6) is 0 Å². The molecule has 2 rings (SSSR count). The number of likely N-dealkylation sites (tertiary alicyclic amines) is 1. The zero-order valence-corrected chi connectivity index (χ0v) is 15.5. The van der Waals surface area contributed by atoms with Crippen molar-refractivity contribution < 1.29 is 14.0 Å². The van der Waals surface area contributed by atoms with Gasteiger partial charge in [0, 0.05) is 18.8 Å². The van der Waals surface area contributed by atoms with Crippen LogP contribution in [-0.2, 0) is 9.59 Å². The normalized spacial score (nSPS) is 21.9. The Kier molecular flexibility index (Phi) is 6.53. The highest BCUT2D eigenvalue weighted by atomic mass is 19.1. The molecule has 2 amide bonds. The molecule has 6 heteroatoms. The summed E-state index contributed by atoms with van der Waals surface area (Å²) in [5, 5.41) is 2.72. The summed E-state index contributed by atoms with van der Waals surface area (Å²) in [5.41, 5.74) is 0.539. The Balaban J connectivity index is 1.88. The van der Waals surface area contributed by atoms with E-state index < -0.39 is 0 Å². The van der Waals surface area contributed by atoms with Crippen LogP contribution in [0, 0.1) is 17.7 Å². The van der Waals surface area contributed by atoms with Crippen molar-refractivity contribution in [2.24, 2.45) is 11.8 Å². The molecular weight excluding hydrogens is 321 g/mol. The standard InChI is InChI=1S/C19H28FN3O2/c1-13-9-14(2)11-23(10-13)19(25)15(3)22(4)12-18(24)21-17-7-5-16(20)6-8-17/h5-8,13-15H,9-12H2,1-4H3,(H,21,24)/t13-,14-,15+/m0/s1. The maximum atomic E-state index is 12.9. The quantitative estimate of drug-likeness (QED) is 0.889. The lowest BCUT2D eigenvalue weighted by molar-refractivity contribution is -0.139. The van der Waals surface area contributed by atoms with Gasteiger partial charge in [-0.15, -0.1) is 0 Å². The van der Waals surface area contributed by atoms with Crippen LogP contribution >= 0.6 is 0 Å². The Morgan fingerprint density at radius 1 is 1.24 bits per heavy atom. The van der Waals surface area contributed by atoms with Gasteiger partial charge in [0.05, 0.1) is 12.6 Å². The van der Waals surface area contributed by atoms with Crippen molar-refractivity contribution in [1.82, 2.24) is 9.80 Å². The van der Waals surface area contributed by atoms with Gasteiger partial charge in [-0.3, -0.25) is 14.5 Å². The van der Waals surface area contributed by atoms with E-state index in [-0.39, 0.29) is 30.2 Å². The van der Waals surface area contributed by atoms with Crippen LogP contribution in [0.1, 0.15) is 27.2 Å². The molecule has 0 bridgehead atoms. The number of nitrogens with zero attached hydrogens (tertiary/aromatic N) is 2. The van der Waals surface area contributed by atoms with Crippen LogP contribution in [0.4, 0.5) is 10.1 Å². The maximum absolute atomic E-state index is 12.9. The third kappa shape index (κ3) is 5.53. The molecule has 1 aromatic rings. The van der Waals surface area contributed by atoms with Gasteiger partial charge in [0.2, 0.25) is 11.8 Å². The van der Waals surface area contributed by atoms with Crippen LogP contribution in [0.2, 0.25) is 0 Å². The number of piperidine rings is 1. The molecule has 0 spiro atoms. The second kappa shape index (κ2) is 8.43. The summed E-state index contributed by atoms with van der Waals surface area (Å²) >= 11 is 0. The van der Waals surface area contributed by atoms with E-state index in [4.69, 9.17) is 0 Å². The largest absolute Gasteiger partial charge is 0.341 e. The minimum absolute atomic E-state index is 0.0653. The van der Waals surface area contributed by atoms with Crippen LogP contribution in [0.3, 0.4) is 0 Å². The fraction of sp³-hybridized carbons (Fsp3) is 0.579. The average molecular weight is 349 g/mol. The van der Waals surface area contributed by atoms with Gasteiger partial charge in [-0.2, -0.15) is 0 Å². The molecule has 0 saturated carbocycles. The molecule has 0 aliphatic carbocycles. The summed E-state index contributed by atoms with van der Waals surface area (Å²) in [6.07, 6.45) is 1.15. The molecule has 1 aromatic carbocycles. The molecule has 138 valence electrons. The van der Waals surface area contributed by atoms with Gasteiger partial charge < -0.3 is 10.2 Å². The van der Waals surface area contributed by atoms with Gasteiger partial charge in [0.25, 0.3) is 0 Å². The fourth-order valence-electron chi connectivity index (χ4n) is 3.39. The summed E-state index contributed by atoms with van der Waals surface area (Å²) in [5.74, 6) is 0.503. The monoisotopic (exact) mass is 349 g/mol. The van der Waals surface area contributed by atoms with Crippen molar-refractivity contribution in [3.05, 3.63) is 30.1 Å². The highest BCUT2D eigenvalue weighted by molar-refractivity contribution is 5.92. The van der Waals surface area contributed by atoms with Gasteiger partial charge in [-0.1, -0.05) is 13.8 Å². The summed E-state index contributed by atoms with van der Waals surface area (Å²) in [4.78, 5) is 28.5. The highest BCUT2D eigenvalue weighted by Gasteiger charge is 2.30. The number of likely N-dealkylation sites (N-methyl/N-ethyl adjacent to an activating group) is 1. The fourth-order valence-corrected chi connectivity index (χ4v) is 3.39. The number of rotatable bonds is 5. The number of anilines is 1. The van der Waals surface area contributed by atoms with Crippen LogP contribution in [0.15, 0.2) is 24.3 Å². The lowest BCUT2D eigenvalue weighted by Crippen LogP contribution is -2.51. The smallest absolute Gasteiger partial charge is 0.239 e. The van der Waals surface area contributed by atoms with Crippen molar-refractivity contribution in [2.45, 2.75) is 33.2 Å². The van der Waals surface area contributed by atoms with E-state index >= 15 is 0 Å². The second-order valence-electron chi connectivity index (χ2n) is 7.34. The lowest BCUT2D eigenvalue weighted by Gasteiger charge is -2.38. The maximum Gasteiger partial charge on any atom is 0.239 e. The minimum Gasteiger partial charge on any atom is -0.341 e. The predicted octanol–water partition coefficient (Wildman–Crippen LogP) is 2.59. The van der Waals surface area contributed by atoms with Crippen molar-refractivity contribution in [3.8, 4) is 0 Å². The molecule has 3 atom stereocenters. The van der Waals surface area contributed by atoms with Gasteiger partial charge in [0.15, 0.2) is 0 Å². The van der Waals surface area contributed by atoms with Gasteiger partial charge in [-0.05, 0) is 56.5 Å². The highest BCUT2D eigenvalue weighted by Crippen LogP contribution is 2.22. The number of halogens is 1. The number of hydrogen-bond donors (Lipinski definition) is 1. The van der Waals surface area contributed by atoms with Crippen molar-refractivity contribution >= 4 is 17.5 Å². The molecule has 25 heavy (non-hydrogen) atoms. The Bertz CT molecular complexity index is 595. The van der Waals surface area contributed by atoms with Gasteiger partial charge in [0.1, 0.15) is 5.82 Å². The summed E-state index contributed by atoms with van der Waals surface area (Å²) in [7, 11) is 1.77. The SMILES string of the molecule is C[C@H]1C[C@H](C)CN(C(=O)[C@@H](C)N(C)CC(=O)Nc2ccc(F)cc2)C1. The first-order chi connectivity index (χ1) is 11.8. The van der Waals surface area contributed by atoms with E-state index in [2.05, 4.69) is 19.2 Å². The molecule has 1 fully saturated rings. The number of carbonyl (C=O) groups excluding carboxylic acids is 2. The van der Waals surface area contributed by atoms with Crippen LogP contribution in [0.25, 0.3) is 0 Å². The average Bonchev–Trinajstić information content (AvgIpc) is 2.54. The lowest BCUT2D eigenvalue weighted by atomic mass is 9.91. The first-order valence-corrected chi connectivity index (χ1v) is 8.80. The van der Waals surface area contributed by atoms with E-state index in [1.165, 1.54) is 24.3 Å². The molecule has 1 saturated heterocycles. The molecule has 5 nitrogen and oxygen atoms in total. The Labute approximate surface area is 149 Å². The Hall–Kier alpha value is -1.95. The number of hydrogen-bond acceptors (Lipinski definition) is 3.